The number of hydrogen-bond donors (Lipinski definition) is 1. The van der Waals surface area contributed by atoms with Gasteiger partial charge in [-0.05, 0) is 50.6 Å². The molecule has 5 nitrogen and oxygen atoms in total. The number of halogens is 1. The normalized spacial score (nSPS) is 18.5. The van der Waals surface area contributed by atoms with Gasteiger partial charge in [-0.1, -0.05) is 30.3 Å². The number of anilines is 1. The summed E-state index contributed by atoms with van der Waals surface area (Å²) in [5.74, 6) is 0.202. The highest BCUT2D eigenvalue weighted by molar-refractivity contribution is 6.17. The minimum Gasteiger partial charge on any atom is -0.366 e. The highest BCUT2D eigenvalue weighted by Gasteiger charge is 2.30. The molecule has 158 valence electrons. The number of nitrogens with zero attached hydrogens (tertiary/aromatic N) is 3. The van der Waals surface area contributed by atoms with Gasteiger partial charge in [0.05, 0.1) is 22.8 Å². The van der Waals surface area contributed by atoms with Gasteiger partial charge in [-0.15, -0.1) is 11.6 Å². The number of benzene rings is 2. The number of piperazine rings is 1. The zero-order valence-electron chi connectivity index (χ0n) is 17.8. The minimum absolute atomic E-state index is 0.0653. The topological polar surface area (TPSA) is 44.3 Å². The molecule has 0 spiro atoms. The second-order valence-corrected chi connectivity index (χ2v) is 8.43. The third kappa shape index (κ3) is 3.92. The van der Waals surface area contributed by atoms with Gasteiger partial charge in [0.25, 0.3) is 5.56 Å². The van der Waals surface area contributed by atoms with Gasteiger partial charge >= 0.3 is 0 Å². The number of para-hydroxylation sites is 1. The lowest BCUT2D eigenvalue weighted by molar-refractivity contribution is 0.172. The third-order valence-corrected chi connectivity index (χ3v) is 6.39. The van der Waals surface area contributed by atoms with E-state index >= 15 is 0 Å². The van der Waals surface area contributed by atoms with Crippen LogP contribution in [0.25, 0.3) is 5.69 Å². The van der Waals surface area contributed by atoms with Crippen LogP contribution in [0.4, 0.5) is 5.69 Å². The molecule has 3 aromatic rings. The van der Waals surface area contributed by atoms with Crippen molar-refractivity contribution in [1.29, 1.82) is 0 Å². The fourth-order valence-corrected chi connectivity index (χ4v) is 4.69. The zero-order valence-corrected chi connectivity index (χ0v) is 18.6. The summed E-state index contributed by atoms with van der Waals surface area (Å²) in [5.41, 5.74) is 4.88. The van der Waals surface area contributed by atoms with E-state index in [2.05, 4.69) is 59.9 Å². The van der Waals surface area contributed by atoms with Crippen LogP contribution < -0.4 is 10.5 Å². The van der Waals surface area contributed by atoms with Crippen molar-refractivity contribution in [3.05, 3.63) is 81.8 Å². The summed E-state index contributed by atoms with van der Waals surface area (Å²) in [7, 11) is 0. The summed E-state index contributed by atoms with van der Waals surface area (Å²) in [4.78, 5) is 17.9. The van der Waals surface area contributed by atoms with Crippen molar-refractivity contribution in [2.75, 3.05) is 24.5 Å². The highest BCUT2D eigenvalue weighted by Crippen LogP contribution is 2.28. The van der Waals surface area contributed by atoms with Crippen LogP contribution in [0.5, 0.6) is 0 Å². The average Bonchev–Trinajstić information content (AvgIpc) is 3.10. The molecular formula is C24H29ClN4O. The molecule has 2 unspecified atom stereocenters. The predicted molar refractivity (Wildman–Crippen MR) is 124 cm³/mol. The highest BCUT2D eigenvalue weighted by atomic mass is 35.5. The van der Waals surface area contributed by atoms with E-state index in [1.165, 1.54) is 11.3 Å². The lowest BCUT2D eigenvalue weighted by atomic mass is 10.1. The number of aryl methyl sites for hydroxylation is 1. The molecule has 2 aromatic carbocycles. The average molecular weight is 425 g/mol. The summed E-state index contributed by atoms with van der Waals surface area (Å²) in [6.07, 6.45) is 0. The Kier molecular flexibility index (Phi) is 6.02. The quantitative estimate of drug-likeness (QED) is 0.614. The molecular weight excluding hydrogens is 396 g/mol. The number of rotatable bonds is 5. The van der Waals surface area contributed by atoms with Crippen molar-refractivity contribution in [1.82, 2.24) is 14.7 Å². The molecule has 2 atom stereocenters. The molecule has 6 heteroatoms. The van der Waals surface area contributed by atoms with Crippen molar-refractivity contribution < 1.29 is 0 Å². The van der Waals surface area contributed by atoms with Crippen LogP contribution in [0.2, 0.25) is 0 Å². The maximum atomic E-state index is 13.0. The van der Waals surface area contributed by atoms with E-state index in [0.29, 0.717) is 11.6 Å². The van der Waals surface area contributed by atoms with Crippen molar-refractivity contribution in [3.8, 4) is 5.69 Å². The van der Waals surface area contributed by atoms with Crippen molar-refractivity contribution in [2.45, 2.75) is 38.7 Å². The van der Waals surface area contributed by atoms with Gasteiger partial charge in [0.1, 0.15) is 0 Å². The smallest absolute Gasteiger partial charge is 0.275 e. The number of H-pyrrole nitrogens is 1. The molecule has 0 saturated carbocycles. The molecule has 0 radical (unpaired) electrons. The van der Waals surface area contributed by atoms with Crippen molar-refractivity contribution in [3.63, 3.8) is 0 Å². The van der Waals surface area contributed by atoms with Gasteiger partial charge in [0, 0.05) is 37.4 Å². The van der Waals surface area contributed by atoms with Crippen LogP contribution in [-0.2, 0) is 5.88 Å². The van der Waals surface area contributed by atoms with Crippen LogP contribution in [-0.4, -0.2) is 40.4 Å². The maximum absolute atomic E-state index is 13.0. The third-order valence-electron chi connectivity index (χ3n) is 6.12. The van der Waals surface area contributed by atoms with Gasteiger partial charge < -0.3 is 4.90 Å². The molecule has 0 amide bonds. The molecule has 2 heterocycles. The monoisotopic (exact) mass is 424 g/mol. The number of aromatic amines is 1. The first-order valence-corrected chi connectivity index (χ1v) is 11.1. The number of hydrogen-bond acceptors (Lipinski definition) is 3. The summed E-state index contributed by atoms with van der Waals surface area (Å²) in [6.45, 7) is 9.37. The lowest BCUT2D eigenvalue weighted by Gasteiger charge is -2.43. The minimum atomic E-state index is -0.0653. The summed E-state index contributed by atoms with van der Waals surface area (Å²) in [5, 5.41) is 3.34. The van der Waals surface area contributed by atoms with Crippen molar-refractivity contribution >= 4 is 17.3 Å². The van der Waals surface area contributed by atoms with Gasteiger partial charge in [-0.3, -0.25) is 14.8 Å². The fraction of sp³-hybridized carbons (Fsp3) is 0.375. The Morgan fingerprint density at radius 1 is 1.10 bits per heavy atom. The summed E-state index contributed by atoms with van der Waals surface area (Å²) >= 11 is 6.21. The molecule has 1 fully saturated rings. The van der Waals surface area contributed by atoms with E-state index < -0.39 is 0 Å². The molecule has 0 aliphatic carbocycles. The Morgan fingerprint density at radius 2 is 1.83 bits per heavy atom. The summed E-state index contributed by atoms with van der Waals surface area (Å²) in [6, 6.07) is 18.8. The molecule has 1 aliphatic rings. The lowest BCUT2D eigenvalue weighted by Crippen LogP contribution is -2.52. The van der Waals surface area contributed by atoms with E-state index in [1.54, 1.807) is 4.68 Å². The van der Waals surface area contributed by atoms with Crippen LogP contribution in [0.3, 0.4) is 0 Å². The van der Waals surface area contributed by atoms with Crippen LogP contribution in [0, 0.1) is 6.92 Å². The van der Waals surface area contributed by atoms with E-state index in [-0.39, 0.29) is 17.5 Å². The largest absolute Gasteiger partial charge is 0.366 e. The number of nitrogens with one attached hydrogen (secondary N) is 1. The zero-order chi connectivity index (χ0) is 21.3. The Bertz CT molecular complexity index is 1060. The predicted octanol–water partition coefficient (Wildman–Crippen LogP) is 4.48. The maximum Gasteiger partial charge on any atom is 0.275 e. The number of alkyl halides is 1. The second-order valence-electron chi connectivity index (χ2n) is 8.17. The van der Waals surface area contributed by atoms with E-state index in [9.17, 15) is 4.79 Å². The Labute approximate surface area is 182 Å². The molecule has 1 aromatic heterocycles. The SMILES string of the molecule is Cc1cccc(N2CCN(C(C)c3[nH]n(-c4ccccc4)c(=O)c3CCl)CC2C)c1. The molecule has 1 aliphatic heterocycles. The Balaban J connectivity index is 1.57. The molecule has 1 N–H and O–H groups in total. The van der Waals surface area contributed by atoms with Crippen LogP contribution in [0.15, 0.2) is 59.4 Å². The van der Waals surface area contributed by atoms with Gasteiger partial charge in [0.2, 0.25) is 0 Å². The molecule has 0 bridgehead atoms. The van der Waals surface area contributed by atoms with Crippen LogP contribution >= 0.6 is 11.6 Å². The molecule has 30 heavy (non-hydrogen) atoms. The number of aromatic nitrogens is 2. The Hall–Kier alpha value is -2.50. The van der Waals surface area contributed by atoms with E-state index in [4.69, 9.17) is 11.6 Å². The summed E-state index contributed by atoms with van der Waals surface area (Å²) < 4.78 is 1.61. The molecule has 4 rings (SSSR count). The Morgan fingerprint density at radius 3 is 2.50 bits per heavy atom. The van der Waals surface area contributed by atoms with E-state index in [1.807, 2.05) is 30.3 Å². The standard InChI is InChI=1S/C24H29ClN4O/c1-17-8-7-11-21(14-17)28-13-12-27(16-18(28)2)19(3)23-22(15-25)24(30)29(26-23)20-9-5-4-6-10-20/h4-11,14,18-19,26H,12-13,15-16H2,1-3H3. The first kappa shape index (κ1) is 20.8. The first-order valence-electron chi connectivity index (χ1n) is 10.5. The van der Waals surface area contributed by atoms with Gasteiger partial charge in [0.15, 0.2) is 0 Å². The molecule has 1 saturated heterocycles. The van der Waals surface area contributed by atoms with Crippen molar-refractivity contribution in [2.24, 2.45) is 0 Å². The van der Waals surface area contributed by atoms with Gasteiger partial charge in [-0.25, -0.2) is 4.68 Å². The first-order chi connectivity index (χ1) is 14.5. The van der Waals surface area contributed by atoms with Crippen LogP contribution in [0.1, 0.15) is 36.7 Å². The second kappa shape index (κ2) is 8.70. The fourth-order valence-electron chi connectivity index (χ4n) is 4.43. The van der Waals surface area contributed by atoms with Gasteiger partial charge in [-0.2, -0.15) is 0 Å². The van der Waals surface area contributed by atoms with E-state index in [0.717, 1.165) is 31.0 Å².